The molecular formula is C23H21N3O4. The van der Waals surface area contributed by atoms with Crippen molar-refractivity contribution in [3.05, 3.63) is 71.6 Å². The third-order valence-electron chi connectivity index (χ3n) is 4.71. The highest BCUT2D eigenvalue weighted by molar-refractivity contribution is 6.04. The average molecular weight is 403 g/mol. The second-order valence-electron chi connectivity index (χ2n) is 6.56. The SMILES string of the molecule is COc1cccc(/C=C/C(=O)OCC(=O)C(C#N)=C2N(C)c3ccccc3N2C)c1. The number of Topliss-reactive ketones (excluding diaryl/α,β-unsaturated/α-hetero) is 1. The lowest BCUT2D eigenvalue weighted by Gasteiger charge is -2.19. The topological polar surface area (TPSA) is 82.9 Å². The van der Waals surface area contributed by atoms with Crippen LogP contribution in [-0.4, -0.2) is 39.6 Å². The number of hydrogen-bond donors (Lipinski definition) is 0. The molecule has 0 N–H and O–H groups in total. The molecule has 0 atom stereocenters. The largest absolute Gasteiger partial charge is 0.497 e. The van der Waals surface area contributed by atoms with Crippen molar-refractivity contribution in [3.63, 3.8) is 0 Å². The third-order valence-corrected chi connectivity index (χ3v) is 4.71. The highest BCUT2D eigenvalue weighted by atomic mass is 16.5. The van der Waals surface area contributed by atoms with E-state index in [1.165, 1.54) is 6.08 Å². The Morgan fingerprint density at radius 2 is 1.73 bits per heavy atom. The van der Waals surface area contributed by atoms with E-state index in [0.717, 1.165) is 16.9 Å². The van der Waals surface area contributed by atoms with Crippen molar-refractivity contribution in [1.82, 2.24) is 0 Å². The number of ketones is 1. The Morgan fingerprint density at radius 3 is 2.33 bits per heavy atom. The van der Waals surface area contributed by atoms with E-state index in [4.69, 9.17) is 9.47 Å². The number of ether oxygens (including phenoxy) is 2. The van der Waals surface area contributed by atoms with Gasteiger partial charge in [0.05, 0.1) is 18.5 Å². The second-order valence-corrected chi connectivity index (χ2v) is 6.56. The molecule has 2 aromatic carbocycles. The minimum Gasteiger partial charge on any atom is -0.497 e. The number of nitriles is 1. The standard InChI is InChI=1S/C23H21N3O4/c1-25-19-9-4-5-10-20(19)26(2)23(25)18(14-24)21(27)15-30-22(28)12-11-16-7-6-8-17(13-16)29-3/h4-13H,15H2,1-3H3/b12-11+. The maximum absolute atomic E-state index is 12.6. The van der Waals surface area contributed by atoms with Crippen LogP contribution in [0.15, 0.2) is 66.0 Å². The number of hydrogen-bond acceptors (Lipinski definition) is 7. The van der Waals surface area contributed by atoms with Gasteiger partial charge in [0.15, 0.2) is 6.61 Å². The molecule has 152 valence electrons. The van der Waals surface area contributed by atoms with E-state index in [9.17, 15) is 14.9 Å². The van der Waals surface area contributed by atoms with Gasteiger partial charge in [-0.25, -0.2) is 4.79 Å². The Balaban J connectivity index is 1.69. The molecule has 0 amide bonds. The molecule has 0 spiro atoms. The lowest BCUT2D eigenvalue weighted by atomic mass is 10.2. The summed E-state index contributed by atoms with van der Waals surface area (Å²) in [5, 5.41) is 9.59. The summed E-state index contributed by atoms with van der Waals surface area (Å²) < 4.78 is 10.2. The molecule has 0 saturated carbocycles. The molecule has 0 aromatic heterocycles. The minimum absolute atomic E-state index is 0.0687. The molecule has 30 heavy (non-hydrogen) atoms. The van der Waals surface area contributed by atoms with Gasteiger partial charge in [0.25, 0.3) is 0 Å². The minimum atomic E-state index is -0.676. The van der Waals surface area contributed by atoms with Crippen LogP contribution in [-0.2, 0) is 14.3 Å². The quantitative estimate of drug-likeness (QED) is 0.416. The molecule has 0 unspecified atom stereocenters. The number of rotatable bonds is 6. The first kappa shape index (κ1) is 20.7. The van der Waals surface area contributed by atoms with Crippen molar-refractivity contribution >= 4 is 29.2 Å². The Morgan fingerprint density at radius 1 is 1.07 bits per heavy atom. The van der Waals surface area contributed by atoms with Crippen molar-refractivity contribution in [3.8, 4) is 11.8 Å². The highest BCUT2D eigenvalue weighted by Gasteiger charge is 2.31. The number of nitrogens with zero attached hydrogens (tertiary/aromatic N) is 3. The monoisotopic (exact) mass is 403 g/mol. The van der Waals surface area contributed by atoms with E-state index in [-0.39, 0.29) is 5.57 Å². The van der Waals surface area contributed by atoms with Crippen LogP contribution < -0.4 is 14.5 Å². The van der Waals surface area contributed by atoms with Crippen molar-refractivity contribution in [1.29, 1.82) is 5.26 Å². The van der Waals surface area contributed by atoms with Crippen LogP contribution in [0, 0.1) is 11.3 Å². The van der Waals surface area contributed by atoms with E-state index in [0.29, 0.717) is 11.6 Å². The van der Waals surface area contributed by atoms with Gasteiger partial charge in [0.2, 0.25) is 5.78 Å². The number of methoxy groups -OCH3 is 1. The molecule has 0 aliphatic carbocycles. The van der Waals surface area contributed by atoms with Crippen molar-refractivity contribution in [2.75, 3.05) is 37.6 Å². The maximum atomic E-state index is 12.6. The van der Waals surface area contributed by atoms with E-state index in [2.05, 4.69) is 0 Å². The Kier molecular flexibility index (Phi) is 6.18. The summed E-state index contributed by atoms with van der Waals surface area (Å²) in [5.41, 5.74) is 2.45. The van der Waals surface area contributed by atoms with Crippen LogP contribution >= 0.6 is 0 Å². The van der Waals surface area contributed by atoms with Crippen molar-refractivity contribution in [2.45, 2.75) is 0 Å². The molecule has 1 aliphatic rings. The van der Waals surface area contributed by atoms with Gasteiger partial charge in [-0.05, 0) is 35.9 Å². The molecule has 1 heterocycles. The lowest BCUT2D eigenvalue weighted by Crippen LogP contribution is -2.27. The number of benzene rings is 2. The second kappa shape index (κ2) is 8.97. The number of esters is 1. The van der Waals surface area contributed by atoms with Crippen LogP contribution in [0.1, 0.15) is 5.56 Å². The predicted octanol–water partition coefficient (Wildman–Crippen LogP) is 3.14. The molecule has 3 rings (SSSR count). The van der Waals surface area contributed by atoms with E-state index >= 15 is 0 Å². The fourth-order valence-corrected chi connectivity index (χ4v) is 3.22. The van der Waals surface area contributed by atoms with Gasteiger partial charge < -0.3 is 19.3 Å². The average Bonchev–Trinajstić information content (AvgIpc) is 3.02. The Bertz CT molecular complexity index is 1050. The highest BCUT2D eigenvalue weighted by Crippen LogP contribution is 2.40. The number of carbonyl (C=O) groups excluding carboxylic acids is 2. The normalized spacial score (nSPS) is 12.5. The van der Waals surface area contributed by atoms with Gasteiger partial charge in [0, 0.05) is 20.2 Å². The van der Waals surface area contributed by atoms with Crippen LogP contribution in [0.2, 0.25) is 0 Å². The molecule has 2 aromatic rings. The summed E-state index contributed by atoms with van der Waals surface area (Å²) in [7, 11) is 5.12. The third kappa shape index (κ3) is 4.18. The number of carbonyl (C=O) groups is 2. The summed E-state index contributed by atoms with van der Waals surface area (Å²) >= 11 is 0. The summed E-state index contributed by atoms with van der Waals surface area (Å²) in [6.07, 6.45) is 2.79. The van der Waals surface area contributed by atoms with Gasteiger partial charge in [0.1, 0.15) is 23.2 Å². The summed E-state index contributed by atoms with van der Waals surface area (Å²) in [6.45, 7) is -0.522. The fourth-order valence-electron chi connectivity index (χ4n) is 3.22. The molecule has 7 nitrogen and oxygen atoms in total. The molecule has 0 fully saturated rings. The van der Waals surface area contributed by atoms with Crippen molar-refractivity contribution < 1.29 is 19.1 Å². The van der Waals surface area contributed by atoms with Gasteiger partial charge in [-0.2, -0.15) is 5.26 Å². The van der Waals surface area contributed by atoms with E-state index < -0.39 is 18.4 Å². The van der Waals surface area contributed by atoms with Crippen LogP contribution in [0.4, 0.5) is 11.4 Å². The Labute approximate surface area is 175 Å². The zero-order valence-electron chi connectivity index (χ0n) is 17.0. The molecular weight excluding hydrogens is 382 g/mol. The smallest absolute Gasteiger partial charge is 0.331 e. The van der Waals surface area contributed by atoms with Gasteiger partial charge in [-0.1, -0.05) is 24.3 Å². The number of para-hydroxylation sites is 2. The number of fused-ring (bicyclic) bond motifs is 1. The van der Waals surface area contributed by atoms with Crippen LogP contribution in [0.3, 0.4) is 0 Å². The summed E-state index contributed by atoms with van der Waals surface area (Å²) in [5.74, 6) is -0.129. The van der Waals surface area contributed by atoms with Gasteiger partial charge >= 0.3 is 5.97 Å². The first-order chi connectivity index (χ1) is 14.5. The molecule has 7 heteroatoms. The maximum Gasteiger partial charge on any atom is 0.331 e. The van der Waals surface area contributed by atoms with Crippen LogP contribution in [0.25, 0.3) is 6.08 Å². The molecule has 0 radical (unpaired) electrons. The number of anilines is 2. The van der Waals surface area contributed by atoms with Gasteiger partial charge in [-0.15, -0.1) is 0 Å². The van der Waals surface area contributed by atoms with E-state index in [1.54, 1.807) is 61.3 Å². The van der Waals surface area contributed by atoms with E-state index in [1.807, 2.05) is 30.3 Å². The van der Waals surface area contributed by atoms with Crippen LogP contribution in [0.5, 0.6) is 5.75 Å². The lowest BCUT2D eigenvalue weighted by molar-refractivity contribution is -0.141. The summed E-state index contributed by atoms with van der Waals surface area (Å²) in [4.78, 5) is 28.2. The molecule has 0 bridgehead atoms. The predicted molar refractivity (Wildman–Crippen MR) is 114 cm³/mol. The summed E-state index contributed by atoms with van der Waals surface area (Å²) in [6, 6.07) is 16.7. The first-order valence-electron chi connectivity index (χ1n) is 9.19. The molecule has 1 aliphatic heterocycles. The van der Waals surface area contributed by atoms with Crippen molar-refractivity contribution in [2.24, 2.45) is 0 Å². The zero-order valence-corrected chi connectivity index (χ0v) is 17.0. The first-order valence-corrected chi connectivity index (χ1v) is 9.19. The fraction of sp³-hybridized carbons (Fsp3) is 0.174. The molecule has 0 saturated heterocycles. The van der Waals surface area contributed by atoms with Gasteiger partial charge in [-0.3, -0.25) is 4.79 Å². The Hall–Kier alpha value is -4.05. The zero-order chi connectivity index (χ0) is 21.7.